The minimum atomic E-state index is -0.712. The summed E-state index contributed by atoms with van der Waals surface area (Å²) in [5.41, 5.74) is 1.38. The highest BCUT2D eigenvalue weighted by Crippen LogP contribution is 2.47. The molecule has 1 aliphatic heterocycles. The summed E-state index contributed by atoms with van der Waals surface area (Å²) in [6.45, 7) is 7.23. The molecule has 2 heteroatoms. The van der Waals surface area contributed by atoms with Crippen LogP contribution in [0.15, 0.2) is 24.3 Å². The van der Waals surface area contributed by atoms with Crippen molar-refractivity contribution in [1.82, 2.24) is 0 Å². The third-order valence-corrected chi connectivity index (χ3v) is 3.81. The first-order valence-corrected chi connectivity index (χ1v) is 5.89. The molecule has 0 saturated heterocycles. The van der Waals surface area contributed by atoms with Crippen molar-refractivity contribution in [1.29, 1.82) is 0 Å². The molecule has 88 valence electrons. The van der Waals surface area contributed by atoms with Crippen LogP contribution in [0.4, 0.5) is 5.69 Å². The number of hydrogen-bond acceptors (Lipinski definition) is 2. The van der Waals surface area contributed by atoms with Gasteiger partial charge in [0.15, 0.2) is 0 Å². The largest absolute Gasteiger partial charge is 0.384 e. The van der Waals surface area contributed by atoms with E-state index in [0.717, 1.165) is 24.2 Å². The van der Waals surface area contributed by atoms with Crippen molar-refractivity contribution in [3.63, 3.8) is 0 Å². The van der Waals surface area contributed by atoms with Crippen LogP contribution in [0.5, 0.6) is 0 Å². The molecular formula is C14H21NO. The minimum absolute atomic E-state index is 0.135. The van der Waals surface area contributed by atoms with Crippen LogP contribution >= 0.6 is 0 Å². The van der Waals surface area contributed by atoms with Gasteiger partial charge in [0.25, 0.3) is 0 Å². The first-order chi connectivity index (χ1) is 7.36. The zero-order chi connectivity index (χ0) is 12.0. The molecule has 1 heterocycles. The fraction of sp³-hybridized carbons (Fsp3) is 0.571. The van der Waals surface area contributed by atoms with E-state index >= 15 is 0 Å². The summed E-state index contributed by atoms with van der Waals surface area (Å²) in [7, 11) is 2.08. The molecule has 1 aromatic carbocycles. The number of fused-ring (bicyclic) bond motifs is 1. The van der Waals surface area contributed by atoms with E-state index in [1.54, 1.807) is 0 Å². The van der Waals surface area contributed by atoms with Crippen molar-refractivity contribution in [2.75, 3.05) is 18.5 Å². The number of benzene rings is 1. The zero-order valence-electron chi connectivity index (χ0n) is 10.6. The Labute approximate surface area is 97.9 Å². The van der Waals surface area contributed by atoms with Crippen molar-refractivity contribution in [3.05, 3.63) is 29.8 Å². The first kappa shape index (κ1) is 11.5. The fourth-order valence-corrected chi connectivity index (χ4v) is 2.52. The Morgan fingerprint density at radius 3 is 2.50 bits per heavy atom. The molecule has 2 rings (SSSR count). The lowest BCUT2D eigenvalue weighted by Crippen LogP contribution is -2.46. The van der Waals surface area contributed by atoms with Crippen LogP contribution in [-0.4, -0.2) is 18.7 Å². The number of nitrogens with zero attached hydrogens (tertiary/aromatic N) is 1. The van der Waals surface area contributed by atoms with Crippen LogP contribution in [0.2, 0.25) is 0 Å². The Kier molecular flexibility index (Phi) is 2.50. The second-order valence-corrected chi connectivity index (χ2v) is 5.80. The highest BCUT2D eigenvalue weighted by molar-refractivity contribution is 5.58. The lowest BCUT2D eigenvalue weighted by Gasteiger charge is -2.47. The van der Waals surface area contributed by atoms with Gasteiger partial charge in [-0.2, -0.15) is 0 Å². The molecule has 0 amide bonds. The molecular weight excluding hydrogens is 198 g/mol. The molecule has 1 aliphatic rings. The smallest absolute Gasteiger partial charge is 0.0981 e. The molecule has 0 fully saturated rings. The number of anilines is 1. The lowest BCUT2D eigenvalue weighted by atomic mass is 9.68. The van der Waals surface area contributed by atoms with Crippen LogP contribution in [0.25, 0.3) is 0 Å². The quantitative estimate of drug-likeness (QED) is 0.725. The summed E-state index contributed by atoms with van der Waals surface area (Å²) in [4.78, 5) is 2.22. The molecule has 0 aliphatic carbocycles. The summed E-state index contributed by atoms with van der Waals surface area (Å²) >= 11 is 0. The van der Waals surface area contributed by atoms with Gasteiger partial charge in [-0.15, -0.1) is 0 Å². The standard InChI is InChI=1S/C14H21NO/c1-13(2,3)14(16)9-10-15(4)12-8-6-5-7-11(12)14/h5-8,16H,9-10H2,1-4H3. The molecule has 0 saturated carbocycles. The topological polar surface area (TPSA) is 23.5 Å². The van der Waals surface area contributed by atoms with E-state index < -0.39 is 5.60 Å². The predicted octanol–water partition coefficient (Wildman–Crippen LogP) is 2.76. The van der Waals surface area contributed by atoms with E-state index in [1.165, 1.54) is 0 Å². The average molecular weight is 219 g/mol. The summed E-state index contributed by atoms with van der Waals surface area (Å²) in [5.74, 6) is 0. The molecule has 0 radical (unpaired) electrons. The maximum Gasteiger partial charge on any atom is 0.0981 e. The van der Waals surface area contributed by atoms with Gasteiger partial charge in [0.05, 0.1) is 5.60 Å². The van der Waals surface area contributed by atoms with E-state index in [-0.39, 0.29) is 5.41 Å². The summed E-state index contributed by atoms with van der Waals surface area (Å²) < 4.78 is 0. The maximum absolute atomic E-state index is 11.0. The Morgan fingerprint density at radius 2 is 1.88 bits per heavy atom. The van der Waals surface area contributed by atoms with Crippen molar-refractivity contribution >= 4 is 5.69 Å². The number of rotatable bonds is 0. The number of aliphatic hydroxyl groups is 1. The molecule has 1 atom stereocenters. The monoisotopic (exact) mass is 219 g/mol. The summed E-state index contributed by atoms with van der Waals surface area (Å²) in [5, 5.41) is 11.0. The number of hydrogen-bond donors (Lipinski definition) is 1. The van der Waals surface area contributed by atoms with Crippen LogP contribution in [0.3, 0.4) is 0 Å². The van der Waals surface area contributed by atoms with E-state index in [0.29, 0.717) is 0 Å². The summed E-state index contributed by atoms with van der Waals surface area (Å²) in [6.07, 6.45) is 0.796. The second kappa shape index (κ2) is 3.49. The van der Waals surface area contributed by atoms with Crippen LogP contribution in [-0.2, 0) is 5.60 Å². The molecule has 0 aromatic heterocycles. The van der Waals surface area contributed by atoms with Crippen LogP contribution in [0, 0.1) is 5.41 Å². The highest BCUT2D eigenvalue weighted by atomic mass is 16.3. The molecule has 2 nitrogen and oxygen atoms in total. The van der Waals surface area contributed by atoms with Crippen LogP contribution < -0.4 is 4.90 Å². The average Bonchev–Trinajstić information content (AvgIpc) is 2.23. The number of para-hydroxylation sites is 1. The molecule has 1 N–H and O–H groups in total. The third-order valence-electron chi connectivity index (χ3n) is 3.81. The normalized spacial score (nSPS) is 25.4. The third kappa shape index (κ3) is 1.52. The zero-order valence-corrected chi connectivity index (χ0v) is 10.6. The lowest BCUT2D eigenvalue weighted by molar-refractivity contribution is -0.0721. The van der Waals surface area contributed by atoms with Gasteiger partial charge >= 0.3 is 0 Å². The predicted molar refractivity (Wildman–Crippen MR) is 67.7 cm³/mol. The van der Waals surface area contributed by atoms with E-state index in [2.05, 4.69) is 44.9 Å². The van der Waals surface area contributed by atoms with Gasteiger partial charge in [-0.1, -0.05) is 39.0 Å². The van der Waals surface area contributed by atoms with Crippen molar-refractivity contribution in [2.24, 2.45) is 5.41 Å². The molecule has 0 spiro atoms. The molecule has 0 bridgehead atoms. The van der Waals surface area contributed by atoms with Crippen molar-refractivity contribution < 1.29 is 5.11 Å². The van der Waals surface area contributed by atoms with E-state index in [1.807, 2.05) is 12.1 Å². The fourth-order valence-electron chi connectivity index (χ4n) is 2.52. The van der Waals surface area contributed by atoms with Gasteiger partial charge in [0.2, 0.25) is 0 Å². The Bertz CT molecular complexity index is 394. The highest BCUT2D eigenvalue weighted by Gasteiger charge is 2.45. The van der Waals surface area contributed by atoms with Gasteiger partial charge in [-0.25, -0.2) is 0 Å². The maximum atomic E-state index is 11.0. The van der Waals surface area contributed by atoms with Gasteiger partial charge in [-0.05, 0) is 17.9 Å². The molecule has 16 heavy (non-hydrogen) atoms. The van der Waals surface area contributed by atoms with Gasteiger partial charge in [0, 0.05) is 24.8 Å². The Morgan fingerprint density at radius 1 is 1.25 bits per heavy atom. The molecule has 1 unspecified atom stereocenters. The first-order valence-electron chi connectivity index (χ1n) is 5.89. The van der Waals surface area contributed by atoms with E-state index in [4.69, 9.17) is 0 Å². The summed E-state index contributed by atoms with van der Waals surface area (Å²) in [6, 6.07) is 8.18. The Hall–Kier alpha value is -1.02. The Balaban J connectivity index is 2.58. The SMILES string of the molecule is CN1CCC(O)(C(C)(C)C)c2ccccc21. The molecule has 1 aromatic rings. The van der Waals surface area contributed by atoms with Gasteiger partial charge in [-0.3, -0.25) is 0 Å². The van der Waals surface area contributed by atoms with Crippen molar-refractivity contribution in [2.45, 2.75) is 32.8 Å². The second-order valence-electron chi connectivity index (χ2n) is 5.80. The van der Waals surface area contributed by atoms with Crippen molar-refractivity contribution in [3.8, 4) is 0 Å². The minimum Gasteiger partial charge on any atom is -0.384 e. The van der Waals surface area contributed by atoms with Crippen LogP contribution in [0.1, 0.15) is 32.8 Å². The van der Waals surface area contributed by atoms with E-state index in [9.17, 15) is 5.11 Å². The van der Waals surface area contributed by atoms with Gasteiger partial charge in [0.1, 0.15) is 0 Å². The van der Waals surface area contributed by atoms with Gasteiger partial charge < -0.3 is 10.0 Å².